The summed E-state index contributed by atoms with van der Waals surface area (Å²) in [6.07, 6.45) is 2.89. The van der Waals surface area contributed by atoms with E-state index in [0.29, 0.717) is 5.75 Å². The van der Waals surface area contributed by atoms with Crippen molar-refractivity contribution in [2.45, 2.75) is 37.5 Å². The lowest BCUT2D eigenvalue weighted by atomic mass is 10.0. The van der Waals surface area contributed by atoms with Gasteiger partial charge in [-0.2, -0.15) is 5.26 Å². The quantitative estimate of drug-likeness (QED) is 0.923. The second-order valence-corrected chi connectivity index (χ2v) is 7.16. The first-order valence-corrected chi connectivity index (χ1v) is 9.09. The molecule has 2 aliphatic rings. The fourth-order valence-corrected chi connectivity index (χ4v) is 4.15. The Morgan fingerprint density at radius 1 is 1.23 bits per heavy atom. The number of likely N-dealkylation sites (tertiary alicyclic amines) is 1. The van der Waals surface area contributed by atoms with Gasteiger partial charge in [0.1, 0.15) is 23.7 Å². The van der Waals surface area contributed by atoms with E-state index >= 15 is 0 Å². The van der Waals surface area contributed by atoms with Crippen LogP contribution in [0.3, 0.4) is 0 Å². The van der Waals surface area contributed by atoms with E-state index in [2.05, 4.69) is 17.0 Å². The Labute approximate surface area is 153 Å². The predicted molar refractivity (Wildman–Crippen MR) is 97.2 cm³/mol. The third kappa shape index (κ3) is 3.18. The predicted octanol–water partition coefficient (Wildman–Crippen LogP) is 3.17. The van der Waals surface area contributed by atoms with Crippen LogP contribution in [0.15, 0.2) is 42.5 Å². The molecule has 0 amide bonds. The maximum Gasteiger partial charge on any atom is 0.144 e. The van der Waals surface area contributed by atoms with Crippen molar-refractivity contribution in [2.75, 3.05) is 13.1 Å². The summed E-state index contributed by atoms with van der Waals surface area (Å²) < 4.78 is 20.2. The van der Waals surface area contributed by atoms with Crippen molar-refractivity contribution in [3.8, 4) is 11.8 Å². The summed E-state index contributed by atoms with van der Waals surface area (Å²) in [6.45, 7) is 1.87. The number of hydrogen-bond acceptors (Lipinski definition) is 4. The first-order chi connectivity index (χ1) is 12.7. The molecule has 3 atom stereocenters. The molecule has 26 heavy (non-hydrogen) atoms. The number of nitriles is 1. The van der Waals surface area contributed by atoms with Crippen LogP contribution < -0.4 is 10.5 Å². The summed E-state index contributed by atoms with van der Waals surface area (Å²) >= 11 is 0. The van der Waals surface area contributed by atoms with Crippen LogP contribution in [0, 0.1) is 17.1 Å². The smallest absolute Gasteiger partial charge is 0.144 e. The average molecular weight is 351 g/mol. The number of rotatable bonds is 3. The van der Waals surface area contributed by atoms with Gasteiger partial charge in [0.15, 0.2) is 0 Å². The number of hydrogen-bond donors (Lipinski definition) is 1. The summed E-state index contributed by atoms with van der Waals surface area (Å²) in [4.78, 5) is 2.42. The first kappa shape index (κ1) is 17.0. The molecule has 1 aliphatic carbocycles. The minimum atomic E-state index is -0.548. The lowest BCUT2D eigenvalue weighted by Gasteiger charge is -2.38. The standard InChI is InChI=1S/C21H22FN3O/c22-19-11-17(8-7-15(19)12-23)26-21-18-6-2-1-4-14(18)10-20(21)25-9-3-5-16(24)13-25/h1-2,4,6-8,11,16,20-21H,3,5,9-10,13,24H2. The summed E-state index contributed by atoms with van der Waals surface area (Å²) in [5, 5.41) is 8.91. The van der Waals surface area contributed by atoms with Gasteiger partial charge in [-0.25, -0.2) is 4.39 Å². The molecule has 4 rings (SSSR count). The number of ether oxygens (including phenoxy) is 1. The fourth-order valence-electron chi connectivity index (χ4n) is 4.15. The summed E-state index contributed by atoms with van der Waals surface area (Å²) in [6, 6.07) is 15.0. The maximum absolute atomic E-state index is 14.0. The van der Waals surface area contributed by atoms with Crippen molar-refractivity contribution in [1.29, 1.82) is 5.26 Å². The zero-order valence-electron chi connectivity index (χ0n) is 14.6. The van der Waals surface area contributed by atoms with Crippen LogP contribution in [0.4, 0.5) is 4.39 Å². The van der Waals surface area contributed by atoms with Crippen LogP contribution in [0.1, 0.15) is 35.6 Å². The molecular weight excluding hydrogens is 329 g/mol. The number of nitrogens with two attached hydrogens (primary N) is 1. The third-order valence-electron chi connectivity index (χ3n) is 5.42. The van der Waals surface area contributed by atoms with Crippen molar-refractivity contribution in [3.05, 3.63) is 65.0 Å². The Kier molecular flexibility index (Phi) is 4.62. The van der Waals surface area contributed by atoms with Crippen molar-refractivity contribution in [1.82, 2.24) is 4.90 Å². The van der Waals surface area contributed by atoms with Gasteiger partial charge in [-0.3, -0.25) is 4.90 Å². The van der Waals surface area contributed by atoms with E-state index in [1.165, 1.54) is 17.7 Å². The lowest BCUT2D eigenvalue weighted by Crippen LogP contribution is -2.49. The van der Waals surface area contributed by atoms with Crippen LogP contribution in [0.25, 0.3) is 0 Å². The van der Waals surface area contributed by atoms with E-state index in [1.807, 2.05) is 18.2 Å². The van der Waals surface area contributed by atoms with E-state index in [9.17, 15) is 4.39 Å². The first-order valence-electron chi connectivity index (χ1n) is 9.09. The number of piperidine rings is 1. The summed E-state index contributed by atoms with van der Waals surface area (Å²) in [5.41, 5.74) is 8.64. The highest BCUT2D eigenvalue weighted by molar-refractivity contribution is 5.40. The highest BCUT2D eigenvalue weighted by Gasteiger charge is 2.39. The number of nitrogens with zero attached hydrogens (tertiary/aromatic N) is 2. The van der Waals surface area contributed by atoms with E-state index < -0.39 is 5.82 Å². The molecule has 1 fully saturated rings. The van der Waals surface area contributed by atoms with Gasteiger partial charge in [-0.1, -0.05) is 24.3 Å². The number of halogens is 1. The third-order valence-corrected chi connectivity index (χ3v) is 5.42. The molecule has 2 aromatic rings. The molecule has 2 aromatic carbocycles. The lowest BCUT2D eigenvalue weighted by molar-refractivity contribution is 0.0591. The van der Waals surface area contributed by atoms with Crippen LogP contribution >= 0.6 is 0 Å². The molecule has 0 spiro atoms. The number of fused-ring (bicyclic) bond motifs is 1. The molecule has 2 N–H and O–H groups in total. The molecule has 1 heterocycles. The van der Waals surface area contributed by atoms with Gasteiger partial charge in [0, 0.05) is 18.7 Å². The molecule has 1 aliphatic heterocycles. The largest absolute Gasteiger partial charge is 0.484 e. The van der Waals surface area contributed by atoms with Crippen molar-refractivity contribution >= 4 is 0 Å². The van der Waals surface area contributed by atoms with Gasteiger partial charge in [-0.05, 0) is 49.1 Å². The molecular formula is C21H22FN3O. The Hall–Kier alpha value is -2.42. The van der Waals surface area contributed by atoms with Gasteiger partial charge in [0.25, 0.3) is 0 Å². The molecule has 0 saturated carbocycles. The summed E-state index contributed by atoms with van der Waals surface area (Å²) in [7, 11) is 0. The van der Waals surface area contributed by atoms with Crippen LogP contribution in [-0.2, 0) is 6.42 Å². The molecule has 4 nitrogen and oxygen atoms in total. The van der Waals surface area contributed by atoms with Gasteiger partial charge in [0.2, 0.25) is 0 Å². The average Bonchev–Trinajstić information content (AvgIpc) is 3.01. The van der Waals surface area contributed by atoms with Crippen LogP contribution in [-0.4, -0.2) is 30.1 Å². The van der Waals surface area contributed by atoms with Gasteiger partial charge >= 0.3 is 0 Å². The van der Waals surface area contributed by atoms with Crippen molar-refractivity contribution in [2.24, 2.45) is 5.73 Å². The topological polar surface area (TPSA) is 62.3 Å². The monoisotopic (exact) mass is 351 g/mol. The molecule has 0 aromatic heterocycles. The molecule has 134 valence electrons. The van der Waals surface area contributed by atoms with Gasteiger partial charge in [0.05, 0.1) is 11.6 Å². The summed E-state index contributed by atoms with van der Waals surface area (Å²) in [5.74, 6) is -0.0951. The normalized spacial score (nSPS) is 25.5. The molecule has 5 heteroatoms. The molecule has 0 bridgehead atoms. The van der Waals surface area contributed by atoms with E-state index in [4.69, 9.17) is 15.7 Å². The van der Waals surface area contributed by atoms with Gasteiger partial charge < -0.3 is 10.5 Å². The zero-order chi connectivity index (χ0) is 18.1. The van der Waals surface area contributed by atoms with Gasteiger partial charge in [-0.15, -0.1) is 0 Å². The SMILES string of the molecule is N#Cc1ccc(OC2c3ccccc3CC2N2CCCC(N)C2)cc1F. The van der Waals surface area contributed by atoms with E-state index in [0.717, 1.165) is 37.9 Å². The highest BCUT2D eigenvalue weighted by Crippen LogP contribution is 2.39. The zero-order valence-corrected chi connectivity index (χ0v) is 14.6. The van der Waals surface area contributed by atoms with Crippen molar-refractivity contribution < 1.29 is 9.13 Å². The molecule has 3 unspecified atom stereocenters. The maximum atomic E-state index is 14.0. The minimum absolute atomic E-state index is 0.0303. The second kappa shape index (κ2) is 7.06. The second-order valence-electron chi connectivity index (χ2n) is 7.16. The molecule has 0 radical (unpaired) electrons. The van der Waals surface area contributed by atoms with Crippen LogP contribution in [0.2, 0.25) is 0 Å². The number of benzene rings is 2. The Bertz CT molecular complexity index is 847. The minimum Gasteiger partial charge on any atom is -0.484 e. The molecule has 1 saturated heterocycles. The fraction of sp³-hybridized carbons (Fsp3) is 0.381. The Balaban J connectivity index is 1.63. The van der Waals surface area contributed by atoms with E-state index in [-0.39, 0.29) is 23.8 Å². The Morgan fingerprint density at radius 2 is 2.08 bits per heavy atom. The Morgan fingerprint density at radius 3 is 2.85 bits per heavy atom. The van der Waals surface area contributed by atoms with Crippen LogP contribution in [0.5, 0.6) is 5.75 Å². The van der Waals surface area contributed by atoms with E-state index in [1.54, 1.807) is 6.07 Å². The highest BCUT2D eigenvalue weighted by atomic mass is 19.1. The van der Waals surface area contributed by atoms with Crippen molar-refractivity contribution in [3.63, 3.8) is 0 Å².